The van der Waals surface area contributed by atoms with E-state index in [2.05, 4.69) is 24.6 Å². The molecule has 0 saturated carbocycles. The number of rotatable bonds is 9. The molecule has 1 N–H and O–H groups in total. The van der Waals surface area contributed by atoms with Gasteiger partial charge < -0.3 is 9.73 Å². The zero-order valence-corrected chi connectivity index (χ0v) is 12.1. The van der Waals surface area contributed by atoms with Crippen molar-refractivity contribution in [1.82, 2.24) is 5.32 Å². The average molecular weight is 255 g/mol. The smallest absolute Gasteiger partial charge is 0.120 e. The SMILES string of the molecule is CSCCCCCCNC(C)c1ccc(C)o1. The maximum atomic E-state index is 5.59. The van der Waals surface area contributed by atoms with E-state index in [1.807, 2.05) is 24.8 Å². The zero-order chi connectivity index (χ0) is 12.5. The largest absolute Gasteiger partial charge is 0.465 e. The molecule has 1 unspecified atom stereocenters. The molecule has 0 fully saturated rings. The first-order valence-corrected chi connectivity index (χ1v) is 7.92. The molecule has 1 rings (SSSR count). The van der Waals surface area contributed by atoms with Gasteiger partial charge in [0.1, 0.15) is 11.5 Å². The molecule has 0 spiro atoms. The highest BCUT2D eigenvalue weighted by molar-refractivity contribution is 7.98. The van der Waals surface area contributed by atoms with E-state index >= 15 is 0 Å². The Hall–Kier alpha value is -0.410. The van der Waals surface area contributed by atoms with Crippen LogP contribution in [-0.4, -0.2) is 18.6 Å². The molecule has 1 aromatic rings. The maximum Gasteiger partial charge on any atom is 0.120 e. The zero-order valence-electron chi connectivity index (χ0n) is 11.3. The second-order valence-corrected chi connectivity index (χ2v) is 5.52. The molecule has 1 atom stereocenters. The number of aryl methyl sites for hydroxylation is 1. The molecule has 3 heteroatoms. The summed E-state index contributed by atoms with van der Waals surface area (Å²) in [6, 6.07) is 4.41. The van der Waals surface area contributed by atoms with Gasteiger partial charge in [-0.25, -0.2) is 0 Å². The van der Waals surface area contributed by atoms with Crippen LogP contribution in [0.5, 0.6) is 0 Å². The molecule has 2 nitrogen and oxygen atoms in total. The van der Waals surface area contributed by atoms with Crippen molar-refractivity contribution in [1.29, 1.82) is 0 Å². The van der Waals surface area contributed by atoms with Crippen molar-refractivity contribution < 1.29 is 4.42 Å². The molecule has 0 saturated heterocycles. The Morgan fingerprint density at radius 3 is 2.65 bits per heavy atom. The summed E-state index contributed by atoms with van der Waals surface area (Å²) >= 11 is 1.94. The van der Waals surface area contributed by atoms with Crippen LogP contribution in [0, 0.1) is 6.92 Å². The van der Waals surface area contributed by atoms with Crippen molar-refractivity contribution in [3.8, 4) is 0 Å². The molecule has 17 heavy (non-hydrogen) atoms. The van der Waals surface area contributed by atoms with Crippen molar-refractivity contribution in [2.24, 2.45) is 0 Å². The normalized spacial score (nSPS) is 12.9. The fourth-order valence-corrected chi connectivity index (χ4v) is 2.32. The van der Waals surface area contributed by atoms with Gasteiger partial charge >= 0.3 is 0 Å². The average Bonchev–Trinajstić information content (AvgIpc) is 2.74. The summed E-state index contributed by atoms with van der Waals surface area (Å²) in [4.78, 5) is 0. The molecule has 0 aliphatic carbocycles. The summed E-state index contributed by atoms with van der Waals surface area (Å²) in [7, 11) is 0. The summed E-state index contributed by atoms with van der Waals surface area (Å²) in [5.41, 5.74) is 0. The second-order valence-electron chi connectivity index (χ2n) is 4.53. The van der Waals surface area contributed by atoms with Crippen molar-refractivity contribution >= 4 is 11.8 Å². The van der Waals surface area contributed by atoms with Crippen LogP contribution in [0.25, 0.3) is 0 Å². The summed E-state index contributed by atoms with van der Waals surface area (Å²) in [5, 5.41) is 3.50. The van der Waals surface area contributed by atoms with Gasteiger partial charge in [0, 0.05) is 0 Å². The summed E-state index contributed by atoms with van der Waals surface area (Å²) in [6.07, 6.45) is 7.48. The molecule has 0 amide bonds. The van der Waals surface area contributed by atoms with Crippen LogP contribution in [0.1, 0.15) is 50.2 Å². The predicted molar refractivity (Wildman–Crippen MR) is 76.7 cm³/mol. The van der Waals surface area contributed by atoms with E-state index in [4.69, 9.17) is 4.42 Å². The van der Waals surface area contributed by atoms with Gasteiger partial charge in [0.15, 0.2) is 0 Å². The van der Waals surface area contributed by atoms with Gasteiger partial charge in [0.2, 0.25) is 0 Å². The monoisotopic (exact) mass is 255 g/mol. The molecular weight excluding hydrogens is 230 g/mol. The molecule has 1 heterocycles. The molecule has 0 bridgehead atoms. The van der Waals surface area contributed by atoms with Crippen LogP contribution in [-0.2, 0) is 0 Å². The Labute approximate surface area is 110 Å². The van der Waals surface area contributed by atoms with Gasteiger partial charge in [-0.3, -0.25) is 0 Å². The molecule has 0 aromatic carbocycles. The Morgan fingerprint density at radius 2 is 2.00 bits per heavy atom. The van der Waals surface area contributed by atoms with Crippen LogP contribution in [0.15, 0.2) is 16.5 Å². The summed E-state index contributed by atoms with van der Waals surface area (Å²) < 4.78 is 5.59. The van der Waals surface area contributed by atoms with Gasteiger partial charge in [-0.1, -0.05) is 12.8 Å². The van der Waals surface area contributed by atoms with Gasteiger partial charge in [0.25, 0.3) is 0 Å². The standard InChI is InChI=1S/C14H25NOS/c1-12-8-9-14(16-12)13(2)15-10-6-4-5-7-11-17-3/h8-9,13,15H,4-7,10-11H2,1-3H3. The third-order valence-corrected chi connectivity index (χ3v) is 3.61. The highest BCUT2D eigenvalue weighted by Crippen LogP contribution is 2.15. The first-order chi connectivity index (χ1) is 8.24. The number of thioether (sulfide) groups is 1. The topological polar surface area (TPSA) is 25.2 Å². The lowest BCUT2D eigenvalue weighted by Gasteiger charge is -2.11. The Morgan fingerprint density at radius 1 is 1.24 bits per heavy atom. The van der Waals surface area contributed by atoms with Gasteiger partial charge in [-0.15, -0.1) is 0 Å². The first-order valence-electron chi connectivity index (χ1n) is 6.52. The van der Waals surface area contributed by atoms with Crippen LogP contribution in [0.4, 0.5) is 0 Å². The van der Waals surface area contributed by atoms with Crippen LogP contribution in [0.3, 0.4) is 0 Å². The lowest BCUT2D eigenvalue weighted by Crippen LogP contribution is -2.19. The number of nitrogens with one attached hydrogen (secondary N) is 1. The van der Waals surface area contributed by atoms with Gasteiger partial charge in [0.05, 0.1) is 6.04 Å². The van der Waals surface area contributed by atoms with Crippen molar-refractivity contribution in [2.75, 3.05) is 18.6 Å². The fourth-order valence-electron chi connectivity index (χ4n) is 1.83. The van der Waals surface area contributed by atoms with Gasteiger partial charge in [-0.2, -0.15) is 11.8 Å². The quantitative estimate of drug-likeness (QED) is 0.671. The van der Waals surface area contributed by atoms with E-state index in [1.54, 1.807) is 0 Å². The Bertz CT molecular complexity index is 298. The highest BCUT2D eigenvalue weighted by Gasteiger charge is 2.07. The van der Waals surface area contributed by atoms with Crippen molar-refractivity contribution in [3.05, 3.63) is 23.7 Å². The molecule has 0 radical (unpaired) electrons. The third-order valence-electron chi connectivity index (χ3n) is 2.91. The van der Waals surface area contributed by atoms with E-state index < -0.39 is 0 Å². The number of furan rings is 1. The Kier molecular flexibility index (Phi) is 7.45. The molecule has 1 aromatic heterocycles. The summed E-state index contributed by atoms with van der Waals surface area (Å²) in [6.45, 7) is 5.23. The lowest BCUT2D eigenvalue weighted by atomic mass is 10.2. The van der Waals surface area contributed by atoms with E-state index in [0.717, 1.165) is 18.1 Å². The van der Waals surface area contributed by atoms with Gasteiger partial charge in [-0.05, 0) is 57.4 Å². The molecule has 0 aliphatic heterocycles. The third kappa shape index (κ3) is 6.18. The second kappa shape index (κ2) is 8.65. The fraction of sp³-hybridized carbons (Fsp3) is 0.714. The Balaban J connectivity index is 2.03. The van der Waals surface area contributed by atoms with E-state index in [1.165, 1.54) is 31.4 Å². The summed E-state index contributed by atoms with van der Waals surface area (Å²) in [5.74, 6) is 3.34. The minimum Gasteiger partial charge on any atom is -0.465 e. The van der Waals surface area contributed by atoms with Crippen LogP contribution >= 0.6 is 11.8 Å². The first kappa shape index (κ1) is 14.7. The highest BCUT2D eigenvalue weighted by atomic mass is 32.2. The maximum absolute atomic E-state index is 5.59. The van der Waals surface area contributed by atoms with Crippen LogP contribution in [0.2, 0.25) is 0 Å². The molecular formula is C14H25NOS. The van der Waals surface area contributed by atoms with Crippen LogP contribution < -0.4 is 5.32 Å². The van der Waals surface area contributed by atoms with E-state index in [0.29, 0.717) is 6.04 Å². The van der Waals surface area contributed by atoms with E-state index in [-0.39, 0.29) is 0 Å². The van der Waals surface area contributed by atoms with Crippen molar-refractivity contribution in [3.63, 3.8) is 0 Å². The molecule has 0 aliphatic rings. The van der Waals surface area contributed by atoms with Crippen molar-refractivity contribution in [2.45, 2.75) is 45.6 Å². The van der Waals surface area contributed by atoms with E-state index in [9.17, 15) is 0 Å². The minimum atomic E-state index is 0.329. The predicted octanol–water partition coefficient (Wildman–Crippen LogP) is 4.16. The lowest BCUT2D eigenvalue weighted by molar-refractivity contribution is 0.412. The molecule has 98 valence electrons. The number of hydrogen-bond acceptors (Lipinski definition) is 3. The number of hydrogen-bond donors (Lipinski definition) is 1. The number of unbranched alkanes of at least 4 members (excludes halogenated alkanes) is 3. The minimum absolute atomic E-state index is 0.329.